The average molecular weight is 573 g/mol. The maximum atomic E-state index is 12.8. The zero-order valence-corrected chi connectivity index (χ0v) is 22.7. The van der Waals surface area contributed by atoms with Gasteiger partial charge in [0, 0.05) is 38.1 Å². The number of benzene rings is 1. The van der Waals surface area contributed by atoms with Crippen molar-refractivity contribution in [3.8, 4) is 11.5 Å². The van der Waals surface area contributed by atoms with Crippen LogP contribution in [0.3, 0.4) is 0 Å². The molecule has 1 aliphatic carbocycles. The van der Waals surface area contributed by atoms with Gasteiger partial charge in [-0.05, 0) is 56.7 Å². The molecule has 1 saturated carbocycles. The van der Waals surface area contributed by atoms with E-state index in [2.05, 4.69) is 28.5 Å². The Balaban J connectivity index is 0.00000385. The summed E-state index contributed by atoms with van der Waals surface area (Å²) in [4.78, 5) is 19.7. The summed E-state index contributed by atoms with van der Waals surface area (Å²) in [5.74, 6) is 2.97. The summed E-state index contributed by atoms with van der Waals surface area (Å²) in [5, 5.41) is 6.89. The van der Waals surface area contributed by atoms with E-state index in [4.69, 9.17) is 14.5 Å². The van der Waals surface area contributed by atoms with Crippen LogP contribution in [-0.4, -0.2) is 63.2 Å². The lowest BCUT2D eigenvalue weighted by atomic mass is 9.88. The summed E-state index contributed by atoms with van der Waals surface area (Å²) in [6.45, 7) is 5.27. The van der Waals surface area contributed by atoms with Crippen molar-refractivity contribution in [1.29, 1.82) is 0 Å². The number of aryl methyl sites for hydroxylation is 1. The molecule has 186 valence electrons. The molecule has 1 heterocycles. The highest BCUT2D eigenvalue weighted by atomic mass is 127. The highest BCUT2D eigenvalue weighted by Crippen LogP contribution is 2.28. The van der Waals surface area contributed by atoms with Crippen molar-refractivity contribution in [3.05, 3.63) is 23.8 Å². The van der Waals surface area contributed by atoms with Gasteiger partial charge in [-0.3, -0.25) is 9.79 Å². The first-order valence-corrected chi connectivity index (χ1v) is 12.2. The fourth-order valence-corrected chi connectivity index (χ4v) is 4.71. The zero-order valence-electron chi connectivity index (χ0n) is 20.4. The van der Waals surface area contributed by atoms with E-state index in [-0.39, 0.29) is 35.9 Å². The van der Waals surface area contributed by atoms with Gasteiger partial charge in [-0.1, -0.05) is 25.3 Å². The van der Waals surface area contributed by atoms with Gasteiger partial charge >= 0.3 is 0 Å². The van der Waals surface area contributed by atoms with Crippen LogP contribution in [0.5, 0.6) is 11.5 Å². The first-order chi connectivity index (χ1) is 15.6. The number of aliphatic imine (C=N–C) groups is 1. The molecule has 1 aliphatic heterocycles. The summed E-state index contributed by atoms with van der Waals surface area (Å²) >= 11 is 0. The van der Waals surface area contributed by atoms with Crippen LogP contribution in [0.25, 0.3) is 0 Å². The Bertz CT molecular complexity index is 768. The fraction of sp³-hybridized carbons (Fsp3) is 0.680. The van der Waals surface area contributed by atoms with Crippen molar-refractivity contribution in [1.82, 2.24) is 15.5 Å². The highest BCUT2D eigenvalue weighted by Gasteiger charge is 2.31. The minimum Gasteiger partial charge on any atom is -0.493 e. The van der Waals surface area contributed by atoms with Gasteiger partial charge in [-0.15, -0.1) is 24.0 Å². The van der Waals surface area contributed by atoms with Crippen molar-refractivity contribution in [3.63, 3.8) is 0 Å². The fourth-order valence-electron chi connectivity index (χ4n) is 4.71. The van der Waals surface area contributed by atoms with Gasteiger partial charge in [0.2, 0.25) is 5.91 Å². The minimum atomic E-state index is 0. The van der Waals surface area contributed by atoms with E-state index in [9.17, 15) is 4.79 Å². The molecule has 0 bridgehead atoms. The molecule has 0 spiro atoms. The number of ether oxygens (including phenoxy) is 2. The van der Waals surface area contributed by atoms with Crippen LogP contribution in [0.4, 0.5) is 0 Å². The van der Waals surface area contributed by atoms with E-state index in [1.807, 2.05) is 12.1 Å². The van der Waals surface area contributed by atoms with Crippen LogP contribution in [-0.2, 0) is 11.2 Å². The lowest BCUT2D eigenvalue weighted by molar-refractivity contribution is -0.135. The van der Waals surface area contributed by atoms with Gasteiger partial charge in [-0.2, -0.15) is 0 Å². The number of nitrogens with one attached hydrogen (secondary N) is 2. The first-order valence-electron chi connectivity index (χ1n) is 12.2. The number of amides is 1. The molecule has 2 aliphatic rings. The second kappa shape index (κ2) is 14.5. The average Bonchev–Trinajstić information content (AvgIpc) is 3.30. The number of hydrogen-bond acceptors (Lipinski definition) is 4. The van der Waals surface area contributed by atoms with Gasteiger partial charge < -0.3 is 25.0 Å². The van der Waals surface area contributed by atoms with Crippen LogP contribution >= 0.6 is 24.0 Å². The van der Waals surface area contributed by atoms with Crippen LogP contribution in [0.15, 0.2) is 23.2 Å². The predicted molar refractivity (Wildman–Crippen MR) is 144 cm³/mol. The normalized spacial score (nSPS) is 19.1. The van der Waals surface area contributed by atoms with Gasteiger partial charge in [0.1, 0.15) is 0 Å². The molecule has 1 atom stereocenters. The molecule has 1 saturated heterocycles. The zero-order chi connectivity index (χ0) is 22.8. The van der Waals surface area contributed by atoms with Crippen LogP contribution in [0, 0.1) is 5.92 Å². The topological polar surface area (TPSA) is 75.2 Å². The first kappa shape index (κ1) is 27.5. The van der Waals surface area contributed by atoms with E-state index >= 15 is 0 Å². The molecule has 2 fully saturated rings. The lowest BCUT2D eigenvalue weighted by Crippen LogP contribution is -2.45. The van der Waals surface area contributed by atoms with Crippen LogP contribution < -0.4 is 20.1 Å². The van der Waals surface area contributed by atoms with Crippen LogP contribution in [0.1, 0.15) is 57.4 Å². The summed E-state index contributed by atoms with van der Waals surface area (Å²) in [5.41, 5.74) is 1.21. The second-order valence-electron chi connectivity index (χ2n) is 8.80. The minimum absolute atomic E-state index is 0. The van der Waals surface area contributed by atoms with Crippen molar-refractivity contribution in [2.24, 2.45) is 10.9 Å². The standard InChI is InChI=1S/C25H40N4O3.HI/c1-4-26-25(27-15-8-9-19-12-13-22(31-2)23(17-19)32-3)28-21-14-16-29(18-21)24(30)20-10-6-5-7-11-20;/h12-13,17,20-21H,4-11,14-16,18H2,1-3H3,(H2,26,27,28);1H. The monoisotopic (exact) mass is 572 g/mol. The number of carbonyl (C=O) groups is 1. The highest BCUT2D eigenvalue weighted by molar-refractivity contribution is 14.0. The number of halogens is 1. The number of carbonyl (C=O) groups excluding carboxylic acids is 1. The second-order valence-corrected chi connectivity index (χ2v) is 8.80. The maximum Gasteiger partial charge on any atom is 0.225 e. The number of methoxy groups -OCH3 is 2. The Kier molecular flexibility index (Phi) is 12.1. The molecule has 8 heteroatoms. The summed E-state index contributed by atoms with van der Waals surface area (Å²) in [7, 11) is 3.31. The number of nitrogens with zero attached hydrogens (tertiary/aromatic N) is 2. The Labute approximate surface area is 216 Å². The molecule has 7 nitrogen and oxygen atoms in total. The summed E-state index contributed by atoms with van der Waals surface area (Å²) in [6, 6.07) is 6.32. The van der Waals surface area contributed by atoms with Crippen molar-refractivity contribution in [2.45, 2.75) is 64.3 Å². The maximum absolute atomic E-state index is 12.8. The molecule has 1 unspecified atom stereocenters. The lowest BCUT2D eigenvalue weighted by Gasteiger charge is -2.26. The summed E-state index contributed by atoms with van der Waals surface area (Å²) in [6.07, 6.45) is 8.67. The quantitative estimate of drug-likeness (QED) is 0.203. The smallest absolute Gasteiger partial charge is 0.225 e. The molecule has 1 aromatic carbocycles. The largest absolute Gasteiger partial charge is 0.493 e. The van der Waals surface area contributed by atoms with E-state index < -0.39 is 0 Å². The van der Waals surface area contributed by atoms with Crippen molar-refractivity contribution >= 4 is 35.8 Å². The Hall–Kier alpha value is -1.71. The molecule has 3 rings (SSSR count). The SMILES string of the molecule is CCNC(=NCCCc1ccc(OC)c(OC)c1)NC1CCN(C(=O)C2CCCCC2)C1.I. The Morgan fingerprint density at radius 3 is 2.58 bits per heavy atom. The Morgan fingerprint density at radius 2 is 1.88 bits per heavy atom. The number of guanidine groups is 1. The third kappa shape index (κ3) is 8.22. The Morgan fingerprint density at radius 1 is 1.12 bits per heavy atom. The van der Waals surface area contributed by atoms with Gasteiger partial charge in [-0.25, -0.2) is 0 Å². The van der Waals surface area contributed by atoms with Gasteiger partial charge in [0.25, 0.3) is 0 Å². The van der Waals surface area contributed by atoms with E-state index in [0.29, 0.717) is 5.91 Å². The van der Waals surface area contributed by atoms with Crippen LogP contribution in [0.2, 0.25) is 0 Å². The molecule has 2 N–H and O–H groups in total. The predicted octanol–water partition coefficient (Wildman–Crippen LogP) is 3.99. The molecule has 1 aromatic rings. The van der Waals surface area contributed by atoms with Gasteiger partial charge in [0.05, 0.1) is 14.2 Å². The number of hydrogen-bond donors (Lipinski definition) is 2. The molecule has 1 amide bonds. The molecule has 0 aromatic heterocycles. The molecule has 0 radical (unpaired) electrons. The van der Waals surface area contributed by atoms with Gasteiger partial charge in [0.15, 0.2) is 17.5 Å². The third-order valence-electron chi connectivity index (χ3n) is 6.48. The van der Waals surface area contributed by atoms with E-state index in [1.54, 1.807) is 14.2 Å². The summed E-state index contributed by atoms with van der Waals surface area (Å²) < 4.78 is 10.7. The molecular formula is C25H41IN4O3. The number of likely N-dealkylation sites (tertiary alicyclic amines) is 1. The molecular weight excluding hydrogens is 531 g/mol. The van der Waals surface area contributed by atoms with Crippen molar-refractivity contribution in [2.75, 3.05) is 40.4 Å². The van der Waals surface area contributed by atoms with Crippen molar-refractivity contribution < 1.29 is 14.3 Å². The van der Waals surface area contributed by atoms with E-state index in [0.717, 1.165) is 75.7 Å². The van der Waals surface area contributed by atoms with E-state index in [1.165, 1.54) is 24.8 Å². The molecule has 33 heavy (non-hydrogen) atoms. The number of rotatable bonds is 9. The third-order valence-corrected chi connectivity index (χ3v) is 6.48.